The van der Waals surface area contributed by atoms with Crippen LogP contribution in [0.2, 0.25) is 0 Å². The Hall–Kier alpha value is -1.29. The van der Waals surface area contributed by atoms with Gasteiger partial charge in [-0.1, -0.05) is 22.0 Å². The highest BCUT2D eigenvalue weighted by Crippen LogP contribution is 2.28. The average Bonchev–Trinajstić information content (AvgIpc) is 2.28. The zero-order valence-corrected chi connectivity index (χ0v) is 12.0. The van der Waals surface area contributed by atoms with Crippen LogP contribution in [-0.2, 0) is 20.7 Å². The Morgan fingerprint density at radius 1 is 1.50 bits per heavy atom. The maximum absolute atomic E-state index is 11.6. The number of carbonyl (C=O) groups excluding carboxylic acids is 1. The highest BCUT2D eigenvalue weighted by molar-refractivity contribution is 9.10. The first-order valence-electron chi connectivity index (χ1n) is 5.90. The highest BCUT2D eigenvalue weighted by atomic mass is 79.9. The lowest BCUT2D eigenvalue weighted by atomic mass is 10.0. The fourth-order valence-electron chi connectivity index (χ4n) is 1.84. The number of rotatable bonds is 2. The first-order valence-corrected chi connectivity index (χ1v) is 6.69. The normalized spacial score (nSPS) is 16.3. The van der Waals surface area contributed by atoms with Crippen LogP contribution in [0.25, 0.3) is 5.76 Å². The Bertz CT molecular complexity index is 492. The molecule has 0 amide bonds. The SMILES string of the molecule is CC(C)OC(=O)/C=C1\OCCc2ccc(Br)cc21. The van der Waals surface area contributed by atoms with Crippen molar-refractivity contribution in [2.75, 3.05) is 6.61 Å². The van der Waals surface area contributed by atoms with E-state index in [2.05, 4.69) is 15.9 Å². The van der Waals surface area contributed by atoms with Gasteiger partial charge in [0.15, 0.2) is 0 Å². The van der Waals surface area contributed by atoms with Gasteiger partial charge in [0.25, 0.3) is 0 Å². The third kappa shape index (κ3) is 3.13. The summed E-state index contributed by atoms with van der Waals surface area (Å²) >= 11 is 3.43. The van der Waals surface area contributed by atoms with Crippen LogP contribution in [0.1, 0.15) is 25.0 Å². The van der Waals surface area contributed by atoms with E-state index >= 15 is 0 Å². The molecular weight excluding hydrogens is 296 g/mol. The van der Waals surface area contributed by atoms with Gasteiger partial charge in [-0.2, -0.15) is 0 Å². The molecule has 0 saturated carbocycles. The summed E-state index contributed by atoms with van der Waals surface area (Å²) in [6, 6.07) is 6.00. The topological polar surface area (TPSA) is 35.5 Å². The molecule has 0 aromatic heterocycles. The van der Waals surface area contributed by atoms with E-state index in [1.165, 1.54) is 11.6 Å². The molecule has 0 radical (unpaired) electrons. The number of halogens is 1. The Balaban J connectivity index is 2.29. The second-order valence-corrected chi connectivity index (χ2v) is 5.31. The number of fused-ring (bicyclic) bond motifs is 1. The van der Waals surface area contributed by atoms with Crippen LogP contribution in [0.5, 0.6) is 0 Å². The van der Waals surface area contributed by atoms with Crippen molar-refractivity contribution in [3.63, 3.8) is 0 Å². The molecule has 0 saturated heterocycles. The third-order valence-corrected chi connectivity index (χ3v) is 3.06. The van der Waals surface area contributed by atoms with Crippen molar-refractivity contribution < 1.29 is 14.3 Å². The predicted molar refractivity (Wildman–Crippen MR) is 73.0 cm³/mol. The van der Waals surface area contributed by atoms with E-state index in [0.29, 0.717) is 12.4 Å². The van der Waals surface area contributed by atoms with Gasteiger partial charge in [-0.3, -0.25) is 0 Å². The van der Waals surface area contributed by atoms with Gasteiger partial charge < -0.3 is 9.47 Å². The molecule has 0 aliphatic carbocycles. The fraction of sp³-hybridized carbons (Fsp3) is 0.357. The molecule has 0 spiro atoms. The van der Waals surface area contributed by atoms with E-state index in [-0.39, 0.29) is 12.1 Å². The molecule has 0 unspecified atom stereocenters. The van der Waals surface area contributed by atoms with Gasteiger partial charge >= 0.3 is 5.97 Å². The molecule has 4 heteroatoms. The molecule has 0 N–H and O–H groups in total. The maximum Gasteiger partial charge on any atom is 0.334 e. The largest absolute Gasteiger partial charge is 0.492 e. The maximum atomic E-state index is 11.6. The predicted octanol–water partition coefficient (Wildman–Crippen LogP) is 3.31. The molecule has 18 heavy (non-hydrogen) atoms. The van der Waals surface area contributed by atoms with Crippen molar-refractivity contribution >= 4 is 27.7 Å². The van der Waals surface area contributed by atoms with E-state index < -0.39 is 0 Å². The second-order valence-electron chi connectivity index (χ2n) is 4.39. The van der Waals surface area contributed by atoms with Gasteiger partial charge in [-0.15, -0.1) is 0 Å². The number of ether oxygens (including phenoxy) is 2. The van der Waals surface area contributed by atoms with Crippen molar-refractivity contribution in [2.45, 2.75) is 26.4 Å². The van der Waals surface area contributed by atoms with Crippen LogP contribution in [0.4, 0.5) is 0 Å². The Morgan fingerprint density at radius 3 is 3.00 bits per heavy atom. The van der Waals surface area contributed by atoms with Gasteiger partial charge in [0.2, 0.25) is 0 Å². The smallest absolute Gasteiger partial charge is 0.334 e. The van der Waals surface area contributed by atoms with E-state index in [1.54, 1.807) is 0 Å². The summed E-state index contributed by atoms with van der Waals surface area (Å²) in [6.07, 6.45) is 2.16. The molecule has 1 aliphatic heterocycles. The van der Waals surface area contributed by atoms with Crippen LogP contribution in [-0.4, -0.2) is 18.7 Å². The van der Waals surface area contributed by atoms with Crippen LogP contribution in [0.3, 0.4) is 0 Å². The van der Waals surface area contributed by atoms with Crippen molar-refractivity contribution in [1.82, 2.24) is 0 Å². The summed E-state index contributed by atoms with van der Waals surface area (Å²) in [7, 11) is 0. The van der Waals surface area contributed by atoms with Crippen molar-refractivity contribution in [3.8, 4) is 0 Å². The molecular formula is C14H15BrO3. The van der Waals surface area contributed by atoms with Gasteiger partial charge in [-0.05, 0) is 31.5 Å². The number of benzene rings is 1. The summed E-state index contributed by atoms with van der Waals surface area (Å²) in [6.45, 7) is 4.24. The molecule has 0 bridgehead atoms. The summed E-state index contributed by atoms with van der Waals surface area (Å²) in [5, 5.41) is 0. The first kappa shape index (κ1) is 13.1. The van der Waals surface area contributed by atoms with E-state index in [0.717, 1.165) is 16.5 Å². The summed E-state index contributed by atoms with van der Waals surface area (Å²) in [5.41, 5.74) is 2.14. The molecule has 3 nitrogen and oxygen atoms in total. The van der Waals surface area contributed by atoms with Crippen molar-refractivity contribution in [1.29, 1.82) is 0 Å². The molecule has 2 rings (SSSR count). The van der Waals surface area contributed by atoms with Gasteiger partial charge in [0.1, 0.15) is 5.76 Å². The minimum absolute atomic E-state index is 0.125. The zero-order valence-electron chi connectivity index (χ0n) is 10.4. The highest BCUT2D eigenvalue weighted by Gasteiger charge is 2.17. The number of hydrogen-bond donors (Lipinski definition) is 0. The summed E-state index contributed by atoms with van der Waals surface area (Å²) < 4.78 is 11.6. The van der Waals surface area contributed by atoms with Crippen LogP contribution >= 0.6 is 15.9 Å². The van der Waals surface area contributed by atoms with Crippen molar-refractivity contribution in [3.05, 3.63) is 39.9 Å². The minimum Gasteiger partial charge on any atom is -0.492 e. The Morgan fingerprint density at radius 2 is 2.28 bits per heavy atom. The lowest BCUT2D eigenvalue weighted by Gasteiger charge is -2.20. The van der Waals surface area contributed by atoms with Gasteiger partial charge in [0.05, 0.1) is 18.8 Å². The summed E-state index contributed by atoms with van der Waals surface area (Å²) in [4.78, 5) is 11.6. The molecule has 1 aromatic carbocycles. The summed E-state index contributed by atoms with van der Waals surface area (Å²) in [5.74, 6) is 0.219. The molecule has 1 aromatic rings. The molecule has 1 heterocycles. The first-order chi connectivity index (χ1) is 8.56. The van der Waals surface area contributed by atoms with Gasteiger partial charge in [-0.25, -0.2) is 4.79 Å². The molecule has 0 fully saturated rings. The monoisotopic (exact) mass is 310 g/mol. The number of carbonyl (C=O) groups is 1. The standard InChI is InChI=1S/C14H15BrO3/c1-9(2)18-14(16)8-13-12-7-11(15)4-3-10(12)5-6-17-13/h3-4,7-9H,5-6H2,1-2H3/b13-8-. The zero-order chi connectivity index (χ0) is 13.1. The van der Waals surface area contributed by atoms with E-state index in [9.17, 15) is 4.79 Å². The molecule has 0 atom stereocenters. The van der Waals surface area contributed by atoms with Crippen LogP contribution in [0.15, 0.2) is 28.7 Å². The quantitative estimate of drug-likeness (QED) is 0.621. The van der Waals surface area contributed by atoms with Crippen molar-refractivity contribution in [2.24, 2.45) is 0 Å². The minimum atomic E-state index is -0.368. The third-order valence-electron chi connectivity index (χ3n) is 2.57. The average molecular weight is 311 g/mol. The lowest BCUT2D eigenvalue weighted by molar-refractivity contribution is -0.141. The number of esters is 1. The van der Waals surface area contributed by atoms with E-state index in [4.69, 9.17) is 9.47 Å². The van der Waals surface area contributed by atoms with Crippen LogP contribution in [0, 0.1) is 0 Å². The molecule has 1 aliphatic rings. The molecule has 96 valence electrons. The Kier molecular flexibility index (Phi) is 4.07. The Labute approximate surface area is 115 Å². The lowest BCUT2D eigenvalue weighted by Crippen LogP contribution is -2.13. The fourth-order valence-corrected chi connectivity index (χ4v) is 2.20. The van der Waals surface area contributed by atoms with E-state index in [1.807, 2.05) is 32.0 Å². The van der Waals surface area contributed by atoms with Gasteiger partial charge in [0, 0.05) is 16.5 Å². The second kappa shape index (κ2) is 5.57. The van der Waals surface area contributed by atoms with Crippen LogP contribution < -0.4 is 0 Å². The number of hydrogen-bond acceptors (Lipinski definition) is 3.